The van der Waals surface area contributed by atoms with E-state index in [-0.39, 0.29) is 25.9 Å². The van der Waals surface area contributed by atoms with Gasteiger partial charge in [-0.25, -0.2) is 4.79 Å². The van der Waals surface area contributed by atoms with Crippen molar-refractivity contribution in [1.82, 2.24) is 0 Å². The average Bonchev–Trinajstić information content (AvgIpc) is 3.53. The number of carboxylic acids is 1. The number of rotatable bonds is 52. The minimum atomic E-state index is -1.93. The third kappa shape index (κ3) is 45.3. The number of aliphatic hydroxyl groups excluding tert-OH is 2. The van der Waals surface area contributed by atoms with Crippen molar-refractivity contribution < 1.29 is 58.2 Å². The number of esters is 3. The van der Waals surface area contributed by atoms with Crippen LogP contribution in [0.15, 0.2) is 122 Å². The molecule has 0 saturated carbocycles. The average molecular weight is 1130 g/mol. The predicted octanol–water partition coefficient (Wildman–Crippen LogP) is 16.8. The smallest absolute Gasteiger partial charge is 0.335 e. The third-order valence-electron chi connectivity index (χ3n) is 13.5. The van der Waals surface area contributed by atoms with Crippen LogP contribution in [0.25, 0.3) is 0 Å². The summed E-state index contributed by atoms with van der Waals surface area (Å²) in [6.45, 7) is 5.69. The Balaban J connectivity index is 2.75. The zero-order chi connectivity index (χ0) is 58.9. The number of ether oxygens (including phenoxy) is 5. The third-order valence-corrected chi connectivity index (χ3v) is 13.5. The first-order chi connectivity index (χ1) is 39.6. The predicted molar refractivity (Wildman–Crippen MR) is 330 cm³/mol. The van der Waals surface area contributed by atoms with E-state index < -0.39 is 67.3 Å². The quantitative estimate of drug-likeness (QED) is 0.0228. The summed E-state index contributed by atoms with van der Waals surface area (Å²) in [6, 6.07) is 0. The molecule has 6 unspecified atom stereocenters. The number of aliphatic hydroxyl groups is 2. The van der Waals surface area contributed by atoms with Gasteiger partial charge in [-0.1, -0.05) is 245 Å². The van der Waals surface area contributed by atoms with Crippen molar-refractivity contribution in [2.45, 2.75) is 276 Å². The molecule has 0 aromatic carbocycles. The van der Waals surface area contributed by atoms with Crippen LogP contribution >= 0.6 is 0 Å². The van der Waals surface area contributed by atoms with Gasteiger partial charge in [0.2, 0.25) is 0 Å². The van der Waals surface area contributed by atoms with Crippen LogP contribution in [0.2, 0.25) is 0 Å². The monoisotopic (exact) mass is 1130 g/mol. The SMILES string of the molecule is CC/C=C\C/C=C\C/C=C\C/C=C\C/C=C\C/C=C\CCC(=O)OCC(COC1OC(C(=O)O)C(O)C(O)C1OC(=O)CCCC/C=C\C/C=C\C/C=C\C/C=C\CC)OC(=O)CCCCCCCCCCCCCCCCCCC. The van der Waals surface area contributed by atoms with Gasteiger partial charge in [0, 0.05) is 19.3 Å². The molecule has 1 aliphatic rings. The Labute approximate surface area is 490 Å². The van der Waals surface area contributed by atoms with Crippen molar-refractivity contribution in [2.75, 3.05) is 13.2 Å². The van der Waals surface area contributed by atoms with E-state index in [9.17, 15) is 34.5 Å². The number of unbranched alkanes of at least 4 members (excludes halogenated alkanes) is 18. The summed E-state index contributed by atoms with van der Waals surface area (Å²) in [5.74, 6) is -3.29. The lowest BCUT2D eigenvalue weighted by atomic mass is 9.98. The van der Waals surface area contributed by atoms with Gasteiger partial charge in [-0.2, -0.15) is 0 Å². The molecule has 458 valence electrons. The van der Waals surface area contributed by atoms with Crippen LogP contribution in [0.5, 0.6) is 0 Å². The van der Waals surface area contributed by atoms with E-state index in [0.29, 0.717) is 25.7 Å². The van der Waals surface area contributed by atoms with E-state index in [0.717, 1.165) is 89.9 Å². The molecule has 1 rings (SSSR count). The van der Waals surface area contributed by atoms with Crippen LogP contribution in [0.3, 0.4) is 0 Å². The van der Waals surface area contributed by atoms with Crippen molar-refractivity contribution in [3.63, 3.8) is 0 Å². The summed E-state index contributed by atoms with van der Waals surface area (Å²) >= 11 is 0. The first-order valence-corrected chi connectivity index (χ1v) is 31.5. The normalized spacial score (nSPS) is 18.6. The number of carbonyl (C=O) groups excluding carboxylic acids is 3. The van der Waals surface area contributed by atoms with Crippen LogP contribution in [0, 0.1) is 0 Å². The summed E-state index contributed by atoms with van der Waals surface area (Å²) in [5, 5.41) is 31.5. The number of hydrogen-bond donors (Lipinski definition) is 3. The molecule has 1 aliphatic heterocycles. The second kappa shape index (κ2) is 55.6. The highest BCUT2D eigenvalue weighted by molar-refractivity contribution is 5.74. The first kappa shape index (κ1) is 74.1. The molecule has 6 atom stereocenters. The van der Waals surface area contributed by atoms with Crippen LogP contribution in [0.1, 0.15) is 239 Å². The van der Waals surface area contributed by atoms with Gasteiger partial charge < -0.3 is 39.0 Å². The number of aliphatic carboxylic acids is 1. The molecule has 0 radical (unpaired) electrons. The minimum Gasteiger partial charge on any atom is -0.479 e. The summed E-state index contributed by atoms with van der Waals surface area (Å²) in [7, 11) is 0. The molecule has 0 aliphatic carbocycles. The van der Waals surface area contributed by atoms with Crippen LogP contribution in [0.4, 0.5) is 0 Å². The fourth-order valence-corrected chi connectivity index (χ4v) is 8.80. The molecule has 0 amide bonds. The number of carbonyl (C=O) groups is 4. The maximum Gasteiger partial charge on any atom is 0.335 e. The van der Waals surface area contributed by atoms with Crippen LogP contribution in [-0.4, -0.2) is 89.2 Å². The molecular formula is C69H110O12. The number of carboxylic acid groups (broad SMARTS) is 1. The molecule has 3 N–H and O–H groups in total. The highest BCUT2D eigenvalue weighted by atomic mass is 16.7. The van der Waals surface area contributed by atoms with E-state index in [1.807, 2.05) is 12.2 Å². The van der Waals surface area contributed by atoms with E-state index in [2.05, 4.69) is 130 Å². The lowest BCUT2D eigenvalue weighted by Crippen LogP contribution is -2.61. The minimum absolute atomic E-state index is 0.00389. The highest BCUT2D eigenvalue weighted by Crippen LogP contribution is 2.26. The molecule has 1 fully saturated rings. The van der Waals surface area contributed by atoms with E-state index >= 15 is 0 Å². The van der Waals surface area contributed by atoms with Crippen molar-refractivity contribution in [3.05, 3.63) is 122 Å². The van der Waals surface area contributed by atoms with Crippen molar-refractivity contribution >= 4 is 23.9 Å². The Morgan fingerprint density at radius 2 is 0.802 bits per heavy atom. The fraction of sp³-hybridized carbons (Fsp3) is 0.652. The largest absolute Gasteiger partial charge is 0.479 e. The molecule has 0 spiro atoms. The highest BCUT2D eigenvalue weighted by Gasteiger charge is 2.50. The summed E-state index contributed by atoms with van der Waals surface area (Å²) < 4.78 is 28.4. The zero-order valence-electron chi connectivity index (χ0n) is 50.5. The molecule has 81 heavy (non-hydrogen) atoms. The van der Waals surface area contributed by atoms with Crippen molar-refractivity contribution in [3.8, 4) is 0 Å². The van der Waals surface area contributed by atoms with Crippen molar-refractivity contribution in [2.24, 2.45) is 0 Å². The van der Waals surface area contributed by atoms with Gasteiger partial charge in [-0.3, -0.25) is 14.4 Å². The van der Waals surface area contributed by atoms with Crippen LogP contribution < -0.4 is 0 Å². The number of allylic oxidation sites excluding steroid dienone is 20. The molecule has 12 nitrogen and oxygen atoms in total. The fourth-order valence-electron chi connectivity index (χ4n) is 8.80. The maximum atomic E-state index is 13.2. The van der Waals surface area contributed by atoms with Gasteiger partial charge in [-0.15, -0.1) is 0 Å². The Kier molecular flexibility index (Phi) is 50.9. The number of hydrogen-bond acceptors (Lipinski definition) is 11. The molecule has 1 saturated heterocycles. The molecule has 0 bridgehead atoms. The van der Waals surface area contributed by atoms with Gasteiger partial charge in [0.15, 0.2) is 24.6 Å². The molecular weight excluding hydrogens is 1020 g/mol. The van der Waals surface area contributed by atoms with E-state index in [1.165, 1.54) is 83.5 Å². The van der Waals surface area contributed by atoms with E-state index in [1.54, 1.807) is 0 Å². The standard InChI is InChI=1S/C69H110O12/c1-4-7-10-13-16-19-22-25-28-30-31-33-35-37-40-43-46-49-52-55-61(70)77-58-60(79-62(71)56-53-50-47-44-41-39-36-32-29-26-23-20-17-14-11-8-5-2)59-78-69-67(65(74)64(73)66(81-69)68(75)76)80-63(72)57-54-51-48-45-42-38-34-27-24-21-18-15-12-9-6-3/h7,9-10,12,16,18-19,21,25,27-28,31,33-34,37,40,42,45-46,49,60,64-67,69,73-74H,4-6,8,11,13-15,17,20,22-24,26,29-30,32,35-36,38-39,41,43-44,47-48,50-59H2,1-3H3,(H,75,76)/b10-7-,12-9-,19-16-,21-18-,28-25-,33-31-,34-27-,40-37-,45-42-,49-46-. The first-order valence-electron chi connectivity index (χ1n) is 31.5. The Morgan fingerprint density at radius 3 is 1.23 bits per heavy atom. The van der Waals surface area contributed by atoms with Crippen molar-refractivity contribution in [1.29, 1.82) is 0 Å². The second-order valence-corrected chi connectivity index (χ2v) is 20.9. The van der Waals surface area contributed by atoms with Gasteiger partial charge in [-0.05, 0) is 96.3 Å². The lowest BCUT2D eigenvalue weighted by Gasteiger charge is -2.40. The lowest BCUT2D eigenvalue weighted by molar-refractivity contribution is -0.301. The maximum absolute atomic E-state index is 13.2. The van der Waals surface area contributed by atoms with Gasteiger partial charge in [0.1, 0.15) is 18.8 Å². The molecule has 0 aromatic rings. The van der Waals surface area contributed by atoms with Gasteiger partial charge in [0.25, 0.3) is 0 Å². The molecule has 1 heterocycles. The Hall–Kier alpha value is -4.88. The summed E-state index contributed by atoms with van der Waals surface area (Å²) in [6.07, 6.45) is 64.6. The Bertz CT molecular complexity index is 1870. The van der Waals surface area contributed by atoms with E-state index in [4.69, 9.17) is 23.7 Å². The van der Waals surface area contributed by atoms with Gasteiger partial charge >= 0.3 is 23.9 Å². The second-order valence-electron chi connectivity index (χ2n) is 20.9. The zero-order valence-corrected chi connectivity index (χ0v) is 50.5. The Morgan fingerprint density at radius 1 is 0.420 bits per heavy atom. The summed E-state index contributed by atoms with van der Waals surface area (Å²) in [4.78, 5) is 51.2. The summed E-state index contributed by atoms with van der Waals surface area (Å²) in [5.41, 5.74) is 0. The molecule has 0 aromatic heterocycles. The topological polar surface area (TPSA) is 175 Å². The van der Waals surface area contributed by atoms with Crippen LogP contribution in [-0.2, 0) is 42.9 Å². The van der Waals surface area contributed by atoms with Gasteiger partial charge in [0.05, 0.1) is 6.61 Å². The molecule has 12 heteroatoms.